The van der Waals surface area contributed by atoms with Crippen molar-refractivity contribution in [1.29, 1.82) is 0 Å². The maximum Gasteiger partial charge on any atom is 0.226 e. The lowest BCUT2D eigenvalue weighted by molar-refractivity contribution is -0.117. The number of aromatic nitrogens is 3. The Morgan fingerprint density at radius 3 is 2.67 bits per heavy atom. The predicted molar refractivity (Wildman–Crippen MR) is 115 cm³/mol. The molecule has 3 heterocycles. The first-order chi connectivity index (χ1) is 14.7. The summed E-state index contributed by atoms with van der Waals surface area (Å²) >= 11 is 0. The standard InChI is InChI=1S/C23H25N5O2/c1-3-27(4-2)17-9-7-15(8-10-17)22-21-18(26-23-24-14-25-28(22)23)12-16(13-19(21)29)20-6-5-11-30-20/h5-11,14,16,22H,3-4,12-13H2,1-2H3,(H,24,25,26)/t16-,22+/m1/s1. The molecular formula is C23H25N5O2. The topological polar surface area (TPSA) is 76.2 Å². The second-order valence-electron chi connectivity index (χ2n) is 7.76. The van der Waals surface area contributed by atoms with Gasteiger partial charge in [0.2, 0.25) is 5.95 Å². The second kappa shape index (κ2) is 7.48. The molecule has 0 amide bonds. The molecule has 0 spiro atoms. The van der Waals surface area contributed by atoms with Crippen LogP contribution in [-0.4, -0.2) is 33.6 Å². The average molecular weight is 403 g/mol. The number of ketones is 1. The van der Waals surface area contributed by atoms with Gasteiger partial charge in [0.15, 0.2) is 5.78 Å². The molecule has 0 fully saturated rings. The summed E-state index contributed by atoms with van der Waals surface area (Å²) in [5, 5.41) is 7.77. The van der Waals surface area contributed by atoms with Crippen molar-refractivity contribution in [2.45, 2.75) is 38.6 Å². The summed E-state index contributed by atoms with van der Waals surface area (Å²) in [7, 11) is 0. The van der Waals surface area contributed by atoms with Gasteiger partial charge >= 0.3 is 0 Å². The van der Waals surface area contributed by atoms with Gasteiger partial charge in [-0.05, 0) is 50.1 Å². The number of benzene rings is 1. The number of anilines is 2. The van der Waals surface area contributed by atoms with Crippen LogP contribution in [0.3, 0.4) is 0 Å². The van der Waals surface area contributed by atoms with Crippen LogP contribution in [-0.2, 0) is 4.79 Å². The molecular weight excluding hydrogens is 378 g/mol. The van der Waals surface area contributed by atoms with Crippen molar-refractivity contribution in [1.82, 2.24) is 14.8 Å². The van der Waals surface area contributed by atoms with Gasteiger partial charge in [-0.3, -0.25) is 4.79 Å². The Labute approximate surface area is 175 Å². The quantitative estimate of drug-likeness (QED) is 0.690. The van der Waals surface area contributed by atoms with Crippen molar-refractivity contribution < 1.29 is 9.21 Å². The molecule has 1 aliphatic heterocycles. The van der Waals surface area contributed by atoms with E-state index in [-0.39, 0.29) is 17.7 Å². The highest BCUT2D eigenvalue weighted by Gasteiger charge is 2.39. The van der Waals surface area contributed by atoms with E-state index >= 15 is 0 Å². The van der Waals surface area contributed by atoms with Crippen LogP contribution in [0.25, 0.3) is 0 Å². The number of nitrogens with one attached hydrogen (secondary N) is 1. The number of carbonyl (C=O) groups is 1. The number of fused-ring (bicyclic) bond motifs is 1. The first-order valence-corrected chi connectivity index (χ1v) is 10.5. The summed E-state index contributed by atoms with van der Waals surface area (Å²) in [5.74, 6) is 1.69. The molecule has 1 aromatic carbocycles. The minimum absolute atomic E-state index is 0.0407. The number of carbonyl (C=O) groups excluding carboxylic acids is 1. The van der Waals surface area contributed by atoms with E-state index in [1.54, 1.807) is 6.26 Å². The lowest BCUT2D eigenvalue weighted by Crippen LogP contribution is -2.33. The molecule has 3 aromatic rings. The summed E-state index contributed by atoms with van der Waals surface area (Å²) in [6, 6.07) is 12.0. The highest BCUT2D eigenvalue weighted by atomic mass is 16.3. The van der Waals surface area contributed by atoms with Gasteiger partial charge in [-0.2, -0.15) is 10.1 Å². The van der Waals surface area contributed by atoms with E-state index in [4.69, 9.17) is 4.42 Å². The number of furan rings is 1. The fraction of sp³-hybridized carbons (Fsp3) is 0.348. The molecule has 0 saturated heterocycles. The van der Waals surface area contributed by atoms with Crippen molar-refractivity contribution in [2.24, 2.45) is 0 Å². The Hall–Kier alpha value is -3.35. The van der Waals surface area contributed by atoms with Crippen LogP contribution in [0.4, 0.5) is 11.6 Å². The van der Waals surface area contributed by atoms with Crippen LogP contribution >= 0.6 is 0 Å². The molecule has 2 aliphatic rings. The van der Waals surface area contributed by atoms with Gasteiger partial charge in [0.05, 0.1) is 6.26 Å². The third-order valence-corrected chi connectivity index (χ3v) is 6.14. The van der Waals surface area contributed by atoms with Crippen LogP contribution < -0.4 is 10.2 Å². The van der Waals surface area contributed by atoms with E-state index < -0.39 is 0 Å². The van der Waals surface area contributed by atoms with Gasteiger partial charge in [-0.25, -0.2) is 4.68 Å². The molecule has 0 bridgehead atoms. The summed E-state index contributed by atoms with van der Waals surface area (Å²) < 4.78 is 7.40. The van der Waals surface area contributed by atoms with Gasteiger partial charge in [-0.1, -0.05) is 12.1 Å². The van der Waals surface area contributed by atoms with Gasteiger partial charge in [0.25, 0.3) is 0 Å². The number of allylic oxidation sites excluding steroid dienone is 2. The van der Waals surface area contributed by atoms with Gasteiger partial charge in [0.1, 0.15) is 18.1 Å². The van der Waals surface area contributed by atoms with Gasteiger partial charge in [-0.15, -0.1) is 0 Å². The Bertz CT molecular complexity index is 1080. The summed E-state index contributed by atoms with van der Waals surface area (Å²) in [4.78, 5) is 20.0. The molecule has 0 unspecified atom stereocenters. The summed E-state index contributed by atoms with van der Waals surface area (Å²) in [5.41, 5.74) is 3.92. The smallest absolute Gasteiger partial charge is 0.226 e. The van der Waals surface area contributed by atoms with Crippen molar-refractivity contribution in [3.05, 3.63) is 71.6 Å². The number of hydrogen-bond acceptors (Lipinski definition) is 6. The average Bonchev–Trinajstić information content (AvgIpc) is 3.46. The van der Waals surface area contributed by atoms with Crippen molar-refractivity contribution in [3.8, 4) is 0 Å². The Morgan fingerprint density at radius 2 is 1.97 bits per heavy atom. The van der Waals surface area contributed by atoms with E-state index in [9.17, 15) is 4.79 Å². The normalized spacial score (nSPS) is 20.5. The van der Waals surface area contributed by atoms with Crippen molar-refractivity contribution in [2.75, 3.05) is 23.3 Å². The van der Waals surface area contributed by atoms with Crippen LogP contribution in [0.2, 0.25) is 0 Å². The lowest BCUT2D eigenvalue weighted by atomic mass is 9.79. The first kappa shape index (κ1) is 18.7. The number of nitrogens with zero attached hydrogens (tertiary/aromatic N) is 4. The third kappa shape index (κ3) is 3.01. The van der Waals surface area contributed by atoms with Crippen molar-refractivity contribution in [3.63, 3.8) is 0 Å². The van der Waals surface area contributed by atoms with Gasteiger partial charge in [0, 0.05) is 42.4 Å². The third-order valence-electron chi connectivity index (χ3n) is 6.14. The molecule has 7 nitrogen and oxygen atoms in total. The lowest BCUT2D eigenvalue weighted by Gasteiger charge is -2.34. The molecule has 2 atom stereocenters. The number of hydrogen-bond donors (Lipinski definition) is 1. The van der Waals surface area contributed by atoms with E-state index in [0.717, 1.165) is 42.1 Å². The summed E-state index contributed by atoms with van der Waals surface area (Å²) in [6.45, 7) is 6.22. The molecule has 7 heteroatoms. The predicted octanol–water partition coefficient (Wildman–Crippen LogP) is 4.13. The Balaban J connectivity index is 1.55. The fourth-order valence-corrected chi connectivity index (χ4v) is 4.64. The monoisotopic (exact) mass is 403 g/mol. The van der Waals surface area contributed by atoms with Crippen LogP contribution in [0.5, 0.6) is 0 Å². The Morgan fingerprint density at radius 1 is 1.17 bits per heavy atom. The maximum absolute atomic E-state index is 13.3. The largest absolute Gasteiger partial charge is 0.469 e. The minimum atomic E-state index is -0.269. The zero-order chi connectivity index (χ0) is 20.7. The zero-order valence-corrected chi connectivity index (χ0v) is 17.2. The van der Waals surface area contributed by atoms with E-state index in [0.29, 0.717) is 12.4 Å². The number of rotatable bonds is 5. The molecule has 1 aliphatic carbocycles. The SMILES string of the molecule is CCN(CC)c1ccc([C@H]2C3=C(C[C@@H](c4ccco4)CC3=O)Nc3ncnn32)cc1. The first-order valence-electron chi connectivity index (χ1n) is 10.5. The molecule has 0 radical (unpaired) electrons. The van der Waals surface area contributed by atoms with Crippen LogP contribution in [0.1, 0.15) is 50.0 Å². The van der Waals surface area contributed by atoms with Crippen molar-refractivity contribution >= 4 is 17.4 Å². The van der Waals surface area contributed by atoms with Crippen LogP contribution in [0, 0.1) is 0 Å². The molecule has 5 rings (SSSR count). The number of Topliss-reactive ketones (excluding diaryl/α,β-unsaturated/α-hetero) is 1. The highest BCUT2D eigenvalue weighted by molar-refractivity contribution is 6.00. The Kier molecular flexibility index (Phi) is 4.65. The molecule has 0 saturated carbocycles. The molecule has 2 aromatic heterocycles. The fourth-order valence-electron chi connectivity index (χ4n) is 4.64. The maximum atomic E-state index is 13.3. The highest BCUT2D eigenvalue weighted by Crippen LogP contribution is 2.44. The van der Waals surface area contributed by atoms with E-state index in [1.165, 1.54) is 12.0 Å². The van der Waals surface area contributed by atoms with Gasteiger partial charge < -0.3 is 14.6 Å². The summed E-state index contributed by atoms with van der Waals surface area (Å²) in [6.07, 6.45) is 4.35. The van der Waals surface area contributed by atoms with Crippen LogP contribution in [0.15, 0.2) is 64.7 Å². The molecule has 30 heavy (non-hydrogen) atoms. The molecule has 1 N–H and O–H groups in total. The van der Waals surface area contributed by atoms with E-state index in [2.05, 4.69) is 58.4 Å². The zero-order valence-electron chi connectivity index (χ0n) is 17.2. The minimum Gasteiger partial charge on any atom is -0.469 e. The molecule has 154 valence electrons. The van der Waals surface area contributed by atoms with E-state index in [1.807, 2.05) is 16.8 Å². The second-order valence-corrected chi connectivity index (χ2v) is 7.76.